The van der Waals surface area contributed by atoms with Crippen molar-refractivity contribution in [2.75, 3.05) is 6.54 Å². The second-order valence-corrected chi connectivity index (χ2v) is 4.70. The normalized spacial score (nSPS) is 11.6. The van der Waals surface area contributed by atoms with Crippen molar-refractivity contribution in [2.45, 2.75) is 66.6 Å². The summed E-state index contributed by atoms with van der Waals surface area (Å²) in [5.74, 6) is 0. The van der Waals surface area contributed by atoms with E-state index in [2.05, 4.69) is 48.5 Å². The van der Waals surface area contributed by atoms with Crippen LogP contribution in [-0.4, -0.2) is 40.7 Å². The van der Waals surface area contributed by atoms with Gasteiger partial charge >= 0.3 is 0 Å². The van der Waals surface area contributed by atoms with E-state index in [1.54, 1.807) is 0 Å². The van der Waals surface area contributed by atoms with Gasteiger partial charge in [0.1, 0.15) is 0 Å². The molecule has 0 aliphatic rings. The van der Waals surface area contributed by atoms with Gasteiger partial charge in [-0.3, -0.25) is 4.79 Å². The van der Waals surface area contributed by atoms with Gasteiger partial charge in [0.2, 0.25) is 0 Å². The van der Waals surface area contributed by atoms with E-state index in [4.69, 9.17) is 9.90 Å². The van der Waals surface area contributed by atoms with Gasteiger partial charge in [-0.15, -0.1) is 0 Å². The van der Waals surface area contributed by atoms with Gasteiger partial charge in [0.15, 0.2) is 0 Å². The molecule has 92 valence electrons. The van der Waals surface area contributed by atoms with E-state index in [1.807, 2.05) is 0 Å². The molecule has 0 rings (SSSR count). The van der Waals surface area contributed by atoms with Gasteiger partial charge in [0.25, 0.3) is 6.47 Å². The molecule has 0 aromatic heterocycles. The Balaban J connectivity index is 0. The molecule has 0 fully saturated rings. The quantitative estimate of drug-likeness (QED) is 0.582. The lowest BCUT2D eigenvalue weighted by molar-refractivity contribution is -0.983. The molecule has 0 radical (unpaired) electrons. The lowest BCUT2D eigenvalue weighted by Gasteiger charge is -2.48. The first-order valence-electron chi connectivity index (χ1n) is 5.76. The van der Waals surface area contributed by atoms with Crippen LogP contribution in [0.3, 0.4) is 0 Å². The monoisotopic (exact) mass is 218 g/mol. The zero-order valence-corrected chi connectivity index (χ0v) is 11.3. The third kappa shape index (κ3) is 4.20. The van der Waals surface area contributed by atoms with Gasteiger partial charge in [-0.1, -0.05) is 0 Å². The number of nitrogens with zero attached hydrogens (tertiary/aromatic N) is 1. The average molecular weight is 218 g/mol. The minimum absolute atomic E-state index is 0.250. The largest absolute Gasteiger partial charge is 0.483 e. The summed E-state index contributed by atoms with van der Waals surface area (Å²) in [5.41, 5.74) is 0. The molecule has 0 amide bonds. The Bertz CT molecular complexity index is 143. The maximum atomic E-state index is 8.36. The molecule has 0 heterocycles. The Morgan fingerprint density at radius 1 is 1.00 bits per heavy atom. The van der Waals surface area contributed by atoms with Gasteiger partial charge in [-0.05, 0) is 48.5 Å². The lowest BCUT2D eigenvalue weighted by Crippen LogP contribution is -2.61. The van der Waals surface area contributed by atoms with Crippen LogP contribution in [0.15, 0.2) is 0 Å². The Kier molecular flexibility index (Phi) is 8.63. The average Bonchev–Trinajstić information content (AvgIpc) is 2.04. The summed E-state index contributed by atoms with van der Waals surface area (Å²) in [6, 6.07) is 2.19. The standard InChI is InChI=1S/C11H26N.CH2O2/c1-8-12(9(2)3,10(4)5)11(6)7;2-1-3/h9-11H,8H2,1-7H3;1H,(H,2,3)/q+1;. The zero-order chi connectivity index (χ0) is 12.6. The van der Waals surface area contributed by atoms with E-state index in [9.17, 15) is 0 Å². The molecular weight excluding hydrogens is 190 g/mol. The first-order chi connectivity index (χ1) is 6.81. The van der Waals surface area contributed by atoms with E-state index < -0.39 is 0 Å². The Morgan fingerprint density at radius 3 is 1.20 bits per heavy atom. The topological polar surface area (TPSA) is 37.3 Å². The van der Waals surface area contributed by atoms with Gasteiger partial charge in [-0.25, -0.2) is 0 Å². The molecule has 1 N–H and O–H groups in total. The first-order valence-corrected chi connectivity index (χ1v) is 5.76. The fourth-order valence-electron chi connectivity index (χ4n) is 2.88. The maximum Gasteiger partial charge on any atom is 0.290 e. The van der Waals surface area contributed by atoms with Crippen LogP contribution in [0.1, 0.15) is 48.5 Å². The smallest absolute Gasteiger partial charge is 0.290 e. The van der Waals surface area contributed by atoms with Crippen molar-refractivity contribution in [2.24, 2.45) is 0 Å². The highest BCUT2D eigenvalue weighted by atomic mass is 16.3. The van der Waals surface area contributed by atoms with E-state index >= 15 is 0 Å². The molecule has 0 aliphatic heterocycles. The molecule has 0 aliphatic carbocycles. The summed E-state index contributed by atoms with van der Waals surface area (Å²) >= 11 is 0. The molecule has 0 unspecified atom stereocenters. The molecule has 0 spiro atoms. The van der Waals surface area contributed by atoms with Crippen molar-refractivity contribution >= 4 is 6.47 Å². The predicted octanol–water partition coefficient (Wildman–Crippen LogP) is 2.75. The van der Waals surface area contributed by atoms with Crippen molar-refractivity contribution in [3.63, 3.8) is 0 Å². The van der Waals surface area contributed by atoms with Crippen molar-refractivity contribution < 1.29 is 14.4 Å². The minimum atomic E-state index is -0.250. The van der Waals surface area contributed by atoms with Crippen molar-refractivity contribution in [1.29, 1.82) is 0 Å². The van der Waals surface area contributed by atoms with E-state index in [0.717, 1.165) is 18.1 Å². The summed E-state index contributed by atoms with van der Waals surface area (Å²) < 4.78 is 1.24. The molecule has 0 aromatic rings. The van der Waals surface area contributed by atoms with Gasteiger partial charge < -0.3 is 9.59 Å². The number of carbonyl (C=O) groups is 1. The van der Waals surface area contributed by atoms with E-state index in [-0.39, 0.29) is 6.47 Å². The zero-order valence-electron chi connectivity index (χ0n) is 11.3. The second kappa shape index (κ2) is 7.69. The summed E-state index contributed by atoms with van der Waals surface area (Å²) in [6.45, 7) is 17.3. The van der Waals surface area contributed by atoms with E-state index in [1.165, 1.54) is 11.0 Å². The Morgan fingerprint density at radius 2 is 1.20 bits per heavy atom. The Hall–Kier alpha value is -0.570. The highest BCUT2D eigenvalue weighted by Gasteiger charge is 2.35. The van der Waals surface area contributed by atoms with Crippen LogP contribution >= 0.6 is 0 Å². The number of hydrogen-bond acceptors (Lipinski definition) is 1. The number of carboxylic acid groups (broad SMARTS) is 1. The number of rotatable bonds is 4. The number of hydrogen-bond donors (Lipinski definition) is 1. The lowest BCUT2D eigenvalue weighted by atomic mass is 10.1. The highest BCUT2D eigenvalue weighted by molar-refractivity contribution is 5.32. The predicted molar refractivity (Wildman–Crippen MR) is 64.9 cm³/mol. The molecule has 0 atom stereocenters. The summed E-state index contributed by atoms with van der Waals surface area (Å²) in [4.78, 5) is 8.36. The maximum absolute atomic E-state index is 8.36. The van der Waals surface area contributed by atoms with Crippen LogP contribution in [-0.2, 0) is 4.79 Å². The SMILES string of the molecule is CC[N+](C(C)C)(C(C)C)C(C)C.O=CO. The Labute approximate surface area is 94.7 Å². The van der Waals surface area contributed by atoms with Crippen molar-refractivity contribution in [1.82, 2.24) is 0 Å². The fraction of sp³-hybridized carbons (Fsp3) is 0.917. The molecule has 3 nitrogen and oxygen atoms in total. The third-order valence-electron chi connectivity index (χ3n) is 3.43. The van der Waals surface area contributed by atoms with Crippen molar-refractivity contribution in [3.05, 3.63) is 0 Å². The highest BCUT2D eigenvalue weighted by Crippen LogP contribution is 2.23. The van der Waals surface area contributed by atoms with Crippen LogP contribution < -0.4 is 0 Å². The summed E-state index contributed by atoms with van der Waals surface area (Å²) in [5, 5.41) is 6.89. The first kappa shape index (κ1) is 16.8. The molecule has 0 bridgehead atoms. The molecule has 0 saturated carbocycles. The molecule has 3 heteroatoms. The molecule has 0 saturated heterocycles. The van der Waals surface area contributed by atoms with Crippen LogP contribution in [0.2, 0.25) is 0 Å². The molecular formula is C12H28NO2+. The fourth-order valence-corrected chi connectivity index (χ4v) is 2.88. The summed E-state index contributed by atoms with van der Waals surface area (Å²) in [7, 11) is 0. The minimum Gasteiger partial charge on any atom is -0.483 e. The van der Waals surface area contributed by atoms with Gasteiger partial charge in [0.05, 0.1) is 24.7 Å². The second-order valence-electron chi connectivity index (χ2n) is 4.70. The van der Waals surface area contributed by atoms with Crippen LogP contribution in [0.5, 0.6) is 0 Å². The van der Waals surface area contributed by atoms with Crippen LogP contribution in [0.25, 0.3) is 0 Å². The van der Waals surface area contributed by atoms with Crippen molar-refractivity contribution in [3.8, 4) is 0 Å². The van der Waals surface area contributed by atoms with Gasteiger partial charge in [-0.2, -0.15) is 0 Å². The molecule has 0 aromatic carbocycles. The number of quaternary nitrogens is 1. The van der Waals surface area contributed by atoms with Crippen LogP contribution in [0.4, 0.5) is 0 Å². The molecule has 15 heavy (non-hydrogen) atoms. The summed E-state index contributed by atoms with van der Waals surface area (Å²) in [6.07, 6.45) is 0. The van der Waals surface area contributed by atoms with E-state index in [0.29, 0.717) is 0 Å². The van der Waals surface area contributed by atoms with Gasteiger partial charge in [0, 0.05) is 0 Å². The third-order valence-corrected chi connectivity index (χ3v) is 3.43. The van der Waals surface area contributed by atoms with Crippen LogP contribution in [0, 0.1) is 0 Å².